The maximum atomic E-state index is 14.7. The fourth-order valence-corrected chi connectivity index (χ4v) is 8.20. The van der Waals surface area contributed by atoms with Gasteiger partial charge >= 0.3 is 0 Å². The smallest absolute Gasteiger partial charge is 0.254 e. The molecule has 0 spiro atoms. The van der Waals surface area contributed by atoms with Gasteiger partial charge in [-0.05, 0) is 105 Å². The Hall–Kier alpha value is -5.23. The quantitative estimate of drug-likeness (QED) is 0.124. The predicted octanol–water partition coefficient (Wildman–Crippen LogP) is 7.86. The molecule has 1 aromatic heterocycles. The molecule has 2 aliphatic heterocycles. The molecule has 55 heavy (non-hydrogen) atoms. The number of anilines is 1. The lowest BCUT2D eigenvalue weighted by Crippen LogP contribution is -2.42. The zero-order valence-electron chi connectivity index (χ0n) is 31.6. The van der Waals surface area contributed by atoms with Gasteiger partial charge in [0.05, 0.1) is 32.4 Å². The number of nitrogens with zero attached hydrogens (tertiary/aromatic N) is 4. The first-order chi connectivity index (χ1) is 26.7. The number of nitrogens with one attached hydrogen (secondary N) is 1. The molecule has 0 saturated carbocycles. The van der Waals surface area contributed by atoms with Crippen molar-refractivity contribution in [1.29, 1.82) is 0 Å². The van der Waals surface area contributed by atoms with Gasteiger partial charge in [0.25, 0.3) is 5.91 Å². The second-order valence-electron chi connectivity index (χ2n) is 14.6. The molecule has 2 aliphatic rings. The number of para-hydroxylation sites is 2. The van der Waals surface area contributed by atoms with Crippen molar-refractivity contribution in [2.45, 2.75) is 56.5 Å². The van der Waals surface area contributed by atoms with Gasteiger partial charge < -0.3 is 33.9 Å². The van der Waals surface area contributed by atoms with E-state index in [9.17, 15) is 18.0 Å². The summed E-state index contributed by atoms with van der Waals surface area (Å²) in [6.45, 7) is 4.09. The van der Waals surface area contributed by atoms with Crippen molar-refractivity contribution in [3.63, 3.8) is 0 Å². The van der Waals surface area contributed by atoms with Crippen LogP contribution in [-0.2, 0) is 18.4 Å². The number of amides is 1. The molecule has 1 amide bonds. The highest BCUT2D eigenvalue weighted by atomic mass is 19.2. The van der Waals surface area contributed by atoms with Gasteiger partial charge in [-0.15, -0.1) is 0 Å². The number of benzene rings is 4. The maximum Gasteiger partial charge on any atom is 0.254 e. The summed E-state index contributed by atoms with van der Waals surface area (Å²) >= 11 is 0. The number of carbonyl (C=O) groups excluding carboxylic acids is 1. The van der Waals surface area contributed by atoms with E-state index in [1.807, 2.05) is 30.3 Å². The number of likely N-dealkylation sites (tertiary alicyclic amines) is 2. The Balaban J connectivity index is 1.01. The summed E-state index contributed by atoms with van der Waals surface area (Å²) in [4.78, 5) is 23.1. The van der Waals surface area contributed by atoms with Crippen molar-refractivity contribution in [1.82, 2.24) is 19.4 Å². The van der Waals surface area contributed by atoms with Crippen molar-refractivity contribution in [2.24, 2.45) is 0 Å². The Kier molecular flexibility index (Phi) is 11.5. The van der Waals surface area contributed by atoms with Crippen LogP contribution >= 0.6 is 0 Å². The van der Waals surface area contributed by atoms with E-state index in [1.54, 1.807) is 23.1 Å². The number of carbonyl (C=O) groups is 1. The summed E-state index contributed by atoms with van der Waals surface area (Å²) in [5.74, 6) is -0.180. The number of halogens is 3. The first-order valence-electron chi connectivity index (χ1n) is 18.9. The van der Waals surface area contributed by atoms with E-state index in [4.69, 9.17) is 19.2 Å². The first kappa shape index (κ1) is 38.1. The molecule has 0 bridgehead atoms. The second kappa shape index (κ2) is 16.6. The fourth-order valence-electron chi connectivity index (χ4n) is 8.20. The molecule has 1 N–H and O–H groups in total. The van der Waals surface area contributed by atoms with Crippen molar-refractivity contribution in [2.75, 3.05) is 59.4 Å². The zero-order chi connectivity index (χ0) is 38.5. The van der Waals surface area contributed by atoms with Gasteiger partial charge in [0.2, 0.25) is 11.7 Å². The Morgan fingerprint density at radius 3 is 2.27 bits per heavy atom. The SMILES string of the molecule is COc1cc(C(=O)N2CCC(CCN3CCC(Nc4nc5ccccc5n4CCCc4ccc(F)cc4)CC3)(c3ccc(F)c(F)c3)C2)cc(OC)c1OC. The van der Waals surface area contributed by atoms with Crippen LogP contribution in [0.15, 0.2) is 78.9 Å². The number of ether oxygens (including phenoxy) is 3. The molecule has 0 aliphatic carbocycles. The van der Waals surface area contributed by atoms with Crippen molar-refractivity contribution in [3.05, 3.63) is 113 Å². The Labute approximate surface area is 320 Å². The van der Waals surface area contributed by atoms with E-state index in [-0.39, 0.29) is 17.8 Å². The number of aromatic nitrogens is 2. The summed E-state index contributed by atoms with van der Waals surface area (Å²) in [7, 11) is 4.52. The van der Waals surface area contributed by atoms with Crippen LogP contribution in [0.4, 0.5) is 19.1 Å². The van der Waals surface area contributed by atoms with Crippen LogP contribution in [0.1, 0.15) is 53.6 Å². The normalized spacial score (nSPS) is 17.8. The highest BCUT2D eigenvalue weighted by Crippen LogP contribution is 2.42. The van der Waals surface area contributed by atoms with Gasteiger partial charge in [0.1, 0.15) is 5.82 Å². The van der Waals surface area contributed by atoms with Crippen LogP contribution in [-0.4, -0.2) is 85.4 Å². The van der Waals surface area contributed by atoms with Crippen molar-refractivity contribution >= 4 is 22.9 Å². The van der Waals surface area contributed by atoms with Gasteiger partial charge in [0, 0.05) is 49.7 Å². The molecule has 2 fully saturated rings. The third-order valence-electron chi connectivity index (χ3n) is 11.3. The Morgan fingerprint density at radius 2 is 1.58 bits per heavy atom. The maximum absolute atomic E-state index is 14.7. The Bertz CT molecular complexity index is 2090. The lowest BCUT2D eigenvalue weighted by molar-refractivity contribution is 0.0779. The molecule has 3 heterocycles. The van der Waals surface area contributed by atoms with E-state index in [0.717, 1.165) is 74.4 Å². The number of piperidine rings is 1. The number of fused-ring (bicyclic) bond motifs is 1. The Morgan fingerprint density at radius 1 is 0.855 bits per heavy atom. The van der Waals surface area contributed by atoms with Crippen LogP contribution in [0.2, 0.25) is 0 Å². The highest BCUT2D eigenvalue weighted by Gasteiger charge is 2.42. The van der Waals surface area contributed by atoms with E-state index in [0.29, 0.717) is 54.3 Å². The molecule has 12 heteroatoms. The van der Waals surface area contributed by atoms with Gasteiger partial charge in [-0.25, -0.2) is 18.2 Å². The average Bonchev–Trinajstić information content (AvgIpc) is 3.80. The summed E-state index contributed by atoms with van der Waals surface area (Å²) in [5.41, 5.74) is 3.67. The molecule has 0 radical (unpaired) electrons. The van der Waals surface area contributed by atoms with Crippen LogP contribution < -0.4 is 19.5 Å². The molecular formula is C43H48F3N5O4. The number of imidazole rings is 1. The molecule has 5 aromatic rings. The minimum Gasteiger partial charge on any atom is -0.493 e. The number of methoxy groups -OCH3 is 3. The summed E-state index contributed by atoms with van der Waals surface area (Å²) in [5, 5.41) is 3.74. The number of hydrogen-bond donors (Lipinski definition) is 1. The standard InChI is InChI=1S/C43H48F3N5O4/c1-53-38-25-30(26-39(54-2)40(38)55-3)41(52)50-24-19-43(28-50,31-12-15-34(45)35(46)27-31)18-23-49-21-16-33(17-22-49)47-42-48-36-8-4-5-9-37(36)51(42)20-6-7-29-10-13-32(44)14-11-29/h4-5,8-15,25-27,33H,6-7,16-24,28H2,1-3H3,(H,47,48). The molecule has 1 unspecified atom stereocenters. The van der Waals surface area contributed by atoms with E-state index >= 15 is 0 Å². The second-order valence-corrected chi connectivity index (χ2v) is 14.6. The van der Waals surface area contributed by atoms with Gasteiger partial charge in [-0.1, -0.05) is 30.3 Å². The van der Waals surface area contributed by atoms with Gasteiger partial charge in [-0.3, -0.25) is 4.79 Å². The lowest BCUT2D eigenvalue weighted by Gasteiger charge is -2.36. The topological polar surface area (TPSA) is 81.1 Å². The molecule has 9 nitrogen and oxygen atoms in total. The highest BCUT2D eigenvalue weighted by molar-refractivity contribution is 5.96. The average molecular weight is 756 g/mol. The summed E-state index contributed by atoms with van der Waals surface area (Å²) in [6, 6.07) is 22.5. The molecule has 2 saturated heterocycles. The number of hydrogen-bond acceptors (Lipinski definition) is 7. The van der Waals surface area contributed by atoms with Crippen molar-refractivity contribution < 1.29 is 32.2 Å². The molecule has 4 aromatic carbocycles. The minimum absolute atomic E-state index is 0.197. The molecule has 290 valence electrons. The van der Waals surface area contributed by atoms with Crippen LogP contribution in [0.5, 0.6) is 17.2 Å². The van der Waals surface area contributed by atoms with E-state index < -0.39 is 17.0 Å². The molecular weight excluding hydrogens is 707 g/mol. The zero-order valence-corrected chi connectivity index (χ0v) is 31.6. The summed E-state index contributed by atoms with van der Waals surface area (Å²) in [6.07, 6.45) is 4.87. The van der Waals surface area contributed by atoms with Gasteiger partial charge in [-0.2, -0.15) is 0 Å². The van der Waals surface area contributed by atoms with Gasteiger partial charge in [0.15, 0.2) is 23.1 Å². The number of rotatable bonds is 14. The third kappa shape index (κ3) is 8.24. The molecule has 1 atom stereocenters. The fraction of sp³-hybridized carbons (Fsp3) is 0.395. The minimum atomic E-state index is -0.891. The van der Waals surface area contributed by atoms with Crippen molar-refractivity contribution in [3.8, 4) is 17.2 Å². The lowest BCUT2D eigenvalue weighted by atomic mass is 9.76. The molecule has 7 rings (SSSR count). The largest absolute Gasteiger partial charge is 0.493 e. The predicted molar refractivity (Wildman–Crippen MR) is 207 cm³/mol. The van der Waals surface area contributed by atoms with E-state index in [1.165, 1.54) is 45.6 Å². The monoisotopic (exact) mass is 755 g/mol. The van der Waals surface area contributed by atoms with E-state index in [2.05, 4.69) is 20.9 Å². The van der Waals surface area contributed by atoms with Crippen LogP contribution in [0.25, 0.3) is 11.0 Å². The first-order valence-corrected chi connectivity index (χ1v) is 18.9. The van der Waals surface area contributed by atoms with Crippen LogP contribution in [0, 0.1) is 17.5 Å². The third-order valence-corrected chi connectivity index (χ3v) is 11.3. The summed E-state index contributed by atoms with van der Waals surface area (Å²) < 4.78 is 60.9. The van der Waals surface area contributed by atoms with Crippen LogP contribution in [0.3, 0.4) is 0 Å². The number of aryl methyl sites for hydroxylation is 2.